The van der Waals surface area contributed by atoms with E-state index in [1.165, 1.54) is 0 Å². The van der Waals surface area contributed by atoms with Gasteiger partial charge in [-0.25, -0.2) is 8.42 Å². The van der Waals surface area contributed by atoms with Crippen LogP contribution in [0.15, 0.2) is 35.2 Å². The van der Waals surface area contributed by atoms with Crippen LogP contribution in [-0.4, -0.2) is 20.9 Å². The summed E-state index contributed by atoms with van der Waals surface area (Å²) in [5.74, 6) is -0.226. The van der Waals surface area contributed by atoms with Crippen LogP contribution in [0.4, 0.5) is 11.4 Å². The number of hydrogen-bond acceptors (Lipinski definition) is 3. The van der Waals surface area contributed by atoms with Crippen LogP contribution in [0.3, 0.4) is 0 Å². The summed E-state index contributed by atoms with van der Waals surface area (Å²) in [5.41, 5.74) is 5.40. The van der Waals surface area contributed by atoms with Crippen molar-refractivity contribution in [3.63, 3.8) is 0 Å². The van der Waals surface area contributed by atoms with Crippen LogP contribution >= 0.6 is 0 Å². The number of carbonyl (C=O) groups is 1. The summed E-state index contributed by atoms with van der Waals surface area (Å²) >= 11 is 0. The van der Waals surface area contributed by atoms with Crippen LogP contribution in [-0.2, 0) is 21.2 Å². The summed E-state index contributed by atoms with van der Waals surface area (Å²) in [6.07, 6.45) is 1.66. The van der Waals surface area contributed by atoms with E-state index in [0.717, 1.165) is 47.3 Å². The Bertz CT molecular complexity index is 1030. The van der Waals surface area contributed by atoms with Gasteiger partial charge in [0.25, 0.3) is 10.0 Å². The number of amides is 1. The first-order valence-corrected chi connectivity index (χ1v) is 10.3. The molecule has 2 aromatic rings. The van der Waals surface area contributed by atoms with Gasteiger partial charge in [-0.2, -0.15) is 0 Å². The molecule has 0 aliphatic carbocycles. The topological polar surface area (TPSA) is 66.5 Å². The van der Waals surface area contributed by atoms with E-state index in [1.807, 2.05) is 37.8 Å². The van der Waals surface area contributed by atoms with E-state index in [2.05, 4.69) is 4.72 Å². The Morgan fingerprint density at radius 3 is 2.62 bits per heavy atom. The lowest BCUT2D eigenvalue weighted by molar-refractivity contribution is -0.119. The lowest BCUT2D eigenvalue weighted by Crippen LogP contribution is -2.32. The molecule has 26 heavy (non-hydrogen) atoms. The van der Waals surface area contributed by atoms with E-state index in [0.29, 0.717) is 5.69 Å². The standard InChI is InChI=1S/C20H22N2O3S/c1-12-6-7-16(9-13(12)2)21-26(24,25)17-10-15-5-4-8-22-19(15)18(11-17)14(3)20(22)23/h6-7,9-11,14,21H,4-5,8H2,1-3H3/t14-/m1/s1. The monoisotopic (exact) mass is 370 g/mol. The summed E-state index contributed by atoms with van der Waals surface area (Å²) in [4.78, 5) is 14.5. The van der Waals surface area contributed by atoms with Crippen molar-refractivity contribution in [1.82, 2.24) is 0 Å². The third-order valence-electron chi connectivity index (χ3n) is 5.46. The molecule has 2 heterocycles. The van der Waals surface area contributed by atoms with Crippen molar-refractivity contribution in [3.8, 4) is 0 Å². The summed E-state index contributed by atoms with van der Waals surface area (Å²) in [6, 6.07) is 8.89. The molecule has 6 heteroatoms. The fourth-order valence-electron chi connectivity index (χ4n) is 3.84. The Kier molecular flexibility index (Phi) is 3.84. The maximum absolute atomic E-state index is 12.9. The molecule has 0 spiro atoms. The van der Waals surface area contributed by atoms with Gasteiger partial charge in [0, 0.05) is 12.2 Å². The van der Waals surface area contributed by atoms with Crippen molar-refractivity contribution >= 4 is 27.3 Å². The average molecular weight is 370 g/mol. The molecule has 1 atom stereocenters. The van der Waals surface area contributed by atoms with Crippen molar-refractivity contribution in [2.45, 2.75) is 44.4 Å². The van der Waals surface area contributed by atoms with Gasteiger partial charge in [0.2, 0.25) is 5.91 Å². The number of sulfonamides is 1. The minimum Gasteiger partial charge on any atom is -0.311 e. The van der Waals surface area contributed by atoms with Crippen LogP contribution in [0.1, 0.15) is 41.5 Å². The Labute approximate surface area is 154 Å². The van der Waals surface area contributed by atoms with Crippen molar-refractivity contribution in [3.05, 3.63) is 52.6 Å². The zero-order valence-corrected chi connectivity index (χ0v) is 16.0. The third kappa shape index (κ3) is 2.60. The smallest absolute Gasteiger partial charge is 0.261 e. The number of anilines is 2. The van der Waals surface area contributed by atoms with Crippen LogP contribution in [0.5, 0.6) is 0 Å². The molecule has 4 rings (SSSR count). The number of benzene rings is 2. The summed E-state index contributed by atoms with van der Waals surface area (Å²) in [5, 5.41) is 0. The molecule has 2 aromatic carbocycles. The first-order chi connectivity index (χ1) is 12.3. The summed E-state index contributed by atoms with van der Waals surface area (Å²) in [7, 11) is -3.71. The van der Waals surface area contributed by atoms with Crippen molar-refractivity contribution in [2.24, 2.45) is 0 Å². The second-order valence-corrected chi connectivity index (χ2v) is 8.92. The minimum absolute atomic E-state index is 0.0672. The summed E-state index contributed by atoms with van der Waals surface area (Å²) in [6.45, 7) is 6.51. The van der Waals surface area contributed by atoms with E-state index in [-0.39, 0.29) is 16.7 Å². The largest absolute Gasteiger partial charge is 0.311 e. The zero-order chi connectivity index (χ0) is 18.6. The Morgan fingerprint density at radius 2 is 1.88 bits per heavy atom. The van der Waals surface area contributed by atoms with Gasteiger partial charge in [-0.3, -0.25) is 9.52 Å². The number of nitrogens with one attached hydrogen (secondary N) is 1. The highest BCUT2D eigenvalue weighted by molar-refractivity contribution is 7.92. The molecule has 0 saturated heterocycles. The molecule has 2 aliphatic heterocycles. The van der Waals surface area contributed by atoms with E-state index >= 15 is 0 Å². The number of aryl methyl sites for hydroxylation is 3. The molecule has 0 saturated carbocycles. The van der Waals surface area contributed by atoms with E-state index in [1.54, 1.807) is 18.2 Å². The van der Waals surface area contributed by atoms with E-state index in [4.69, 9.17) is 0 Å². The quantitative estimate of drug-likeness (QED) is 0.899. The molecular formula is C20H22N2O3S. The fraction of sp³-hybridized carbons (Fsp3) is 0.350. The van der Waals surface area contributed by atoms with Gasteiger partial charge in [-0.1, -0.05) is 6.07 Å². The predicted octanol–water partition coefficient (Wildman–Crippen LogP) is 3.50. The van der Waals surface area contributed by atoms with E-state index < -0.39 is 10.0 Å². The molecule has 1 N–H and O–H groups in total. The SMILES string of the molecule is Cc1ccc(NS(=O)(=O)c2cc3c4c(c2)[C@@H](C)C(=O)N4CCC3)cc1C. The van der Waals surface area contributed by atoms with Crippen LogP contribution in [0.25, 0.3) is 0 Å². The lowest BCUT2D eigenvalue weighted by Gasteiger charge is -2.26. The van der Waals surface area contributed by atoms with Gasteiger partial charge in [0.15, 0.2) is 0 Å². The Hall–Kier alpha value is -2.34. The molecule has 1 amide bonds. The first kappa shape index (κ1) is 17.1. The highest BCUT2D eigenvalue weighted by Crippen LogP contribution is 2.44. The van der Waals surface area contributed by atoms with Gasteiger partial charge in [0.05, 0.1) is 16.5 Å². The second-order valence-electron chi connectivity index (χ2n) is 7.24. The maximum Gasteiger partial charge on any atom is 0.261 e. The van der Waals surface area contributed by atoms with Crippen molar-refractivity contribution in [1.29, 1.82) is 0 Å². The molecule has 0 bridgehead atoms. The lowest BCUT2D eigenvalue weighted by atomic mass is 9.97. The molecule has 0 aromatic heterocycles. The minimum atomic E-state index is -3.71. The molecule has 2 aliphatic rings. The molecule has 136 valence electrons. The van der Waals surface area contributed by atoms with Gasteiger partial charge in [-0.15, -0.1) is 0 Å². The fourth-order valence-corrected chi connectivity index (χ4v) is 4.97. The van der Waals surface area contributed by atoms with Crippen molar-refractivity contribution in [2.75, 3.05) is 16.2 Å². The number of hydrogen-bond donors (Lipinski definition) is 1. The maximum atomic E-state index is 12.9. The summed E-state index contributed by atoms with van der Waals surface area (Å²) < 4.78 is 28.6. The average Bonchev–Trinajstić information content (AvgIpc) is 2.85. The van der Waals surface area contributed by atoms with E-state index in [9.17, 15) is 13.2 Å². The van der Waals surface area contributed by atoms with Gasteiger partial charge < -0.3 is 4.90 Å². The normalized spacial score (nSPS) is 18.8. The van der Waals surface area contributed by atoms with Gasteiger partial charge in [0.1, 0.15) is 0 Å². The third-order valence-corrected chi connectivity index (χ3v) is 6.82. The highest BCUT2D eigenvalue weighted by Gasteiger charge is 2.38. The molecular weight excluding hydrogens is 348 g/mol. The van der Waals surface area contributed by atoms with Gasteiger partial charge in [-0.05, 0) is 80.1 Å². The molecule has 0 unspecified atom stereocenters. The number of carbonyl (C=O) groups excluding carboxylic acids is 1. The predicted molar refractivity (Wildman–Crippen MR) is 102 cm³/mol. The van der Waals surface area contributed by atoms with Crippen LogP contribution in [0, 0.1) is 13.8 Å². The molecule has 0 fully saturated rings. The van der Waals surface area contributed by atoms with Gasteiger partial charge >= 0.3 is 0 Å². The Balaban J connectivity index is 1.76. The molecule has 0 radical (unpaired) electrons. The second kappa shape index (κ2) is 5.84. The van der Waals surface area contributed by atoms with Crippen molar-refractivity contribution < 1.29 is 13.2 Å². The van der Waals surface area contributed by atoms with Crippen LogP contribution in [0.2, 0.25) is 0 Å². The Morgan fingerprint density at radius 1 is 1.12 bits per heavy atom. The number of rotatable bonds is 3. The van der Waals surface area contributed by atoms with Crippen LogP contribution < -0.4 is 9.62 Å². The highest BCUT2D eigenvalue weighted by atomic mass is 32.2. The first-order valence-electron chi connectivity index (χ1n) is 8.86. The number of nitrogens with zero attached hydrogens (tertiary/aromatic N) is 1. The zero-order valence-electron chi connectivity index (χ0n) is 15.2. The molecule has 5 nitrogen and oxygen atoms in total.